The van der Waals surface area contributed by atoms with Crippen molar-refractivity contribution in [1.82, 2.24) is 4.98 Å². The highest BCUT2D eigenvalue weighted by Crippen LogP contribution is 2.39. The summed E-state index contributed by atoms with van der Waals surface area (Å²) >= 11 is 3.23. The van der Waals surface area contributed by atoms with Gasteiger partial charge in [-0.15, -0.1) is 35.0 Å². The summed E-state index contributed by atoms with van der Waals surface area (Å²) in [6, 6.07) is 12.7. The fourth-order valence-corrected chi connectivity index (χ4v) is 7.68. The Labute approximate surface area is 223 Å². The first-order valence-electron chi connectivity index (χ1n) is 13.4. The van der Waals surface area contributed by atoms with Gasteiger partial charge in [0.2, 0.25) is 0 Å². The molecule has 0 bridgehead atoms. The van der Waals surface area contributed by atoms with E-state index >= 15 is 0 Å². The largest absolute Gasteiger partial charge is 0.292 e. The average Bonchev–Trinajstić information content (AvgIpc) is 3.50. The smallest absolute Gasteiger partial charge is 0.186 e. The van der Waals surface area contributed by atoms with E-state index in [0.29, 0.717) is 29.9 Å². The molecule has 0 radical (unpaired) electrons. The first-order valence-corrected chi connectivity index (χ1v) is 15.2. The number of rotatable bonds is 7. The number of Topliss-reactive ketones (excluding diaryl/α,β-unsaturated/α-hetero) is 1. The van der Waals surface area contributed by atoms with E-state index < -0.39 is 0 Å². The molecule has 1 saturated carbocycles. The number of thiophene rings is 1. The summed E-state index contributed by atoms with van der Waals surface area (Å²) in [7, 11) is 0. The molecular formula is C32H35NOS2. The van der Waals surface area contributed by atoms with Crippen LogP contribution in [-0.2, 0) is 6.42 Å². The van der Waals surface area contributed by atoms with Gasteiger partial charge in [-0.1, -0.05) is 55.3 Å². The van der Waals surface area contributed by atoms with E-state index in [4.69, 9.17) is 6.42 Å². The van der Waals surface area contributed by atoms with Crippen LogP contribution in [0, 0.1) is 30.1 Å². The van der Waals surface area contributed by atoms with E-state index in [1.807, 2.05) is 16.8 Å². The summed E-state index contributed by atoms with van der Waals surface area (Å²) in [5.41, 5.74) is 3.16. The van der Waals surface area contributed by atoms with Crippen LogP contribution < -0.4 is 0 Å². The van der Waals surface area contributed by atoms with E-state index in [0.717, 1.165) is 22.2 Å². The lowest BCUT2D eigenvalue weighted by Gasteiger charge is -2.21. The molecule has 4 atom stereocenters. The molecular weight excluding hydrogens is 478 g/mol. The lowest BCUT2D eigenvalue weighted by atomic mass is 9.84. The molecule has 1 fully saturated rings. The predicted octanol–water partition coefficient (Wildman–Crippen LogP) is 8.96. The topological polar surface area (TPSA) is 30.0 Å². The highest BCUT2D eigenvalue weighted by molar-refractivity contribution is 7.20. The van der Waals surface area contributed by atoms with Crippen LogP contribution in [0.15, 0.2) is 59.3 Å². The number of thiazole rings is 1. The molecule has 2 aliphatic carbocycles. The van der Waals surface area contributed by atoms with Gasteiger partial charge in [-0.05, 0) is 85.3 Å². The molecule has 2 nitrogen and oxygen atoms in total. The Morgan fingerprint density at radius 1 is 1.03 bits per heavy atom. The van der Waals surface area contributed by atoms with Gasteiger partial charge in [-0.25, -0.2) is 4.98 Å². The zero-order chi connectivity index (χ0) is 24.7. The Hall–Kier alpha value is -2.48. The number of ketones is 1. The van der Waals surface area contributed by atoms with Gasteiger partial charge in [0.25, 0.3) is 0 Å². The predicted molar refractivity (Wildman–Crippen MR) is 153 cm³/mol. The van der Waals surface area contributed by atoms with Gasteiger partial charge in [0.1, 0.15) is 10.7 Å². The minimum absolute atomic E-state index is 0.124. The van der Waals surface area contributed by atoms with Crippen molar-refractivity contribution in [3.05, 3.63) is 76.1 Å². The molecule has 4 unspecified atom stereocenters. The fraction of sp³-hybridized carbons (Fsp3) is 0.438. The number of carbonyl (C=O) groups is 1. The molecule has 5 rings (SSSR count). The SMILES string of the molecule is C#CC1CC=CC(CC2CCCC(c3ccccc3CC(=O)c3csc(-c4cccs4)n3)CC2)CC1. The van der Waals surface area contributed by atoms with Crippen molar-refractivity contribution in [3.63, 3.8) is 0 Å². The lowest BCUT2D eigenvalue weighted by Crippen LogP contribution is -2.09. The van der Waals surface area contributed by atoms with Crippen molar-refractivity contribution in [2.24, 2.45) is 17.8 Å². The van der Waals surface area contributed by atoms with Gasteiger partial charge in [-0.2, -0.15) is 0 Å². The Morgan fingerprint density at radius 3 is 2.81 bits per heavy atom. The summed E-state index contributed by atoms with van der Waals surface area (Å²) < 4.78 is 0. The van der Waals surface area contributed by atoms with Gasteiger partial charge in [-0.3, -0.25) is 4.79 Å². The Bertz CT molecular complexity index is 1220. The number of aromatic nitrogens is 1. The minimum Gasteiger partial charge on any atom is -0.292 e. The van der Waals surface area contributed by atoms with E-state index in [9.17, 15) is 4.79 Å². The first-order chi connectivity index (χ1) is 17.7. The van der Waals surface area contributed by atoms with Crippen molar-refractivity contribution in [2.45, 2.75) is 70.1 Å². The first kappa shape index (κ1) is 25.2. The highest BCUT2D eigenvalue weighted by Gasteiger charge is 2.25. The third-order valence-corrected chi connectivity index (χ3v) is 9.92. The zero-order valence-corrected chi connectivity index (χ0v) is 22.5. The summed E-state index contributed by atoms with van der Waals surface area (Å²) in [5.74, 6) is 5.54. The van der Waals surface area contributed by atoms with Gasteiger partial charge < -0.3 is 0 Å². The molecule has 2 heterocycles. The molecule has 2 aromatic heterocycles. The van der Waals surface area contributed by atoms with E-state index in [-0.39, 0.29) is 5.78 Å². The van der Waals surface area contributed by atoms with Crippen LogP contribution in [0.1, 0.15) is 85.3 Å². The monoisotopic (exact) mass is 513 g/mol. The van der Waals surface area contributed by atoms with Crippen molar-refractivity contribution >= 4 is 28.5 Å². The van der Waals surface area contributed by atoms with Gasteiger partial charge in [0.15, 0.2) is 5.78 Å². The minimum atomic E-state index is 0.124. The van der Waals surface area contributed by atoms with Crippen molar-refractivity contribution < 1.29 is 4.79 Å². The van der Waals surface area contributed by atoms with Crippen LogP contribution >= 0.6 is 22.7 Å². The normalized spacial score (nSPS) is 24.5. The molecule has 0 N–H and O–H groups in total. The summed E-state index contributed by atoms with van der Waals surface area (Å²) in [6.07, 6.45) is 22.0. The number of allylic oxidation sites excluding steroid dienone is 2. The second-order valence-electron chi connectivity index (χ2n) is 10.5. The molecule has 0 aliphatic heterocycles. The van der Waals surface area contributed by atoms with Crippen LogP contribution in [0.4, 0.5) is 0 Å². The molecule has 0 spiro atoms. The van der Waals surface area contributed by atoms with Crippen LogP contribution in [0.2, 0.25) is 0 Å². The quantitative estimate of drug-likeness (QED) is 0.137. The highest BCUT2D eigenvalue weighted by atomic mass is 32.1. The Kier molecular flexibility index (Phi) is 8.51. The van der Waals surface area contributed by atoms with Crippen LogP contribution in [-0.4, -0.2) is 10.8 Å². The summed E-state index contributed by atoms with van der Waals surface area (Å²) in [4.78, 5) is 19.0. The van der Waals surface area contributed by atoms with Gasteiger partial charge in [0, 0.05) is 17.7 Å². The van der Waals surface area contributed by atoms with Gasteiger partial charge in [0.05, 0.1) is 4.88 Å². The molecule has 36 heavy (non-hydrogen) atoms. The fourth-order valence-electron chi connectivity index (χ4n) is 6.04. The maximum absolute atomic E-state index is 13.2. The number of terminal acetylenes is 1. The van der Waals surface area contributed by atoms with Crippen molar-refractivity contribution in [2.75, 3.05) is 0 Å². The maximum atomic E-state index is 13.2. The molecule has 2 aliphatic rings. The summed E-state index contributed by atoms with van der Waals surface area (Å²) in [5, 5.41) is 4.91. The Morgan fingerprint density at radius 2 is 1.94 bits per heavy atom. The number of hydrogen-bond donors (Lipinski definition) is 0. The average molecular weight is 514 g/mol. The summed E-state index contributed by atoms with van der Waals surface area (Å²) in [6.45, 7) is 0. The zero-order valence-electron chi connectivity index (χ0n) is 20.9. The molecule has 0 amide bonds. The van der Waals surface area contributed by atoms with Crippen LogP contribution in [0.5, 0.6) is 0 Å². The second kappa shape index (κ2) is 12.2. The second-order valence-corrected chi connectivity index (χ2v) is 12.3. The van der Waals surface area contributed by atoms with Crippen molar-refractivity contribution in [3.8, 4) is 22.2 Å². The number of benzene rings is 1. The molecule has 0 saturated heterocycles. The third-order valence-electron chi connectivity index (χ3n) is 8.04. The molecule has 186 valence electrons. The van der Waals surface area contributed by atoms with Crippen LogP contribution in [0.25, 0.3) is 9.88 Å². The number of carbonyl (C=O) groups excluding carboxylic acids is 1. The number of hydrogen-bond acceptors (Lipinski definition) is 4. The lowest BCUT2D eigenvalue weighted by molar-refractivity contribution is 0.0988. The van der Waals surface area contributed by atoms with Crippen LogP contribution in [0.3, 0.4) is 0 Å². The van der Waals surface area contributed by atoms with Crippen molar-refractivity contribution in [1.29, 1.82) is 0 Å². The standard InChI is InChI=1S/C32H35NOS2/c1-2-23-8-5-9-24(16-15-23)20-25-10-6-12-26(18-17-25)28-13-4-3-11-27(28)21-30(34)29-22-36-32(33-29)31-14-7-19-35-31/h1,3-5,7,9,11,13-14,19,22-26H,6,8,10,12,15-18,20-21H2. The third kappa shape index (κ3) is 6.25. The van der Waals surface area contributed by atoms with Gasteiger partial charge >= 0.3 is 0 Å². The van der Waals surface area contributed by atoms with E-state index in [2.05, 4.69) is 53.4 Å². The maximum Gasteiger partial charge on any atom is 0.186 e. The molecule has 1 aromatic carbocycles. The molecule has 4 heteroatoms. The molecule has 3 aromatic rings. The number of nitrogens with zero attached hydrogens (tertiary/aromatic N) is 1. The van der Waals surface area contributed by atoms with E-state index in [1.165, 1.54) is 62.5 Å². The van der Waals surface area contributed by atoms with E-state index in [1.54, 1.807) is 22.7 Å². The Balaban J connectivity index is 1.21.